The largest absolute Gasteiger partial charge is 0.448 e. The van der Waals surface area contributed by atoms with Gasteiger partial charge in [0.2, 0.25) is 0 Å². The first kappa shape index (κ1) is 9.33. The zero-order valence-corrected chi connectivity index (χ0v) is 7.57. The van der Waals surface area contributed by atoms with Crippen LogP contribution in [-0.4, -0.2) is 22.4 Å². The summed E-state index contributed by atoms with van der Waals surface area (Å²) in [7, 11) is 1.74. The van der Waals surface area contributed by atoms with Crippen LogP contribution >= 0.6 is 0 Å². The highest BCUT2D eigenvalue weighted by molar-refractivity contribution is 5.87. The Morgan fingerprint density at radius 3 is 3.08 bits per heavy atom. The van der Waals surface area contributed by atoms with Crippen molar-refractivity contribution in [2.75, 3.05) is 6.61 Å². The SMILES string of the molecule is CC#CCOC(=O)c1ccn(C)n1. The van der Waals surface area contributed by atoms with E-state index in [-0.39, 0.29) is 6.61 Å². The molecule has 0 radical (unpaired) electrons. The second-order valence-electron chi connectivity index (χ2n) is 2.38. The van der Waals surface area contributed by atoms with E-state index < -0.39 is 5.97 Å². The fraction of sp³-hybridized carbons (Fsp3) is 0.333. The minimum absolute atomic E-state index is 0.117. The molecule has 0 aliphatic rings. The van der Waals surface area contributed by atoms with Crippen LogP contribution in [0.15, 0.2) is 12.3 Å². The first-order valence-electron chi connectivity index (χ1n) is 3.80. The Morgan fingerprint density at radius 1 is 1.77 bits per heavy atom. The van der Waals surface area contributed by atoms with Crippen LogP contribution in [0.3, 0.4) is 0 Å². The van der Waals surface area contributed by atoms with Crippen molar-refractivity contribution in [2.24, 2.45) is 7.05 Å². The van der Waals surface area contributed by atoms with Gasteiger partial charge in [0.15, 0.2) is 12.3 Å². The summed E-state index contributed by atoms with van der Waals surface area (Å²) in [5, 5.41) is 3.88. The normalized spacial score (nSPS) is 8.77. The van der Waals surface area contributed by atoms with Crippen molar-refractivity contribution in [3.63, 3.8) is 0 Å². The summed E-state index contributed by atoms with van der Waals surface area (Å²) in [5.41, 5.74) is 0.306. The van der Waals surface area contributed by atoms with E-state index >= 15 is 0 Å². The number of nitrogens with zero attached hydrogens (tertiary/aromatic N) is 2. The van der Waals surface area contributed by atoms with Gasteiger partial charge in [-0.3, -0.25) is 4.68 Å². The quantitative estimate of drug-likeness (QED) is 0.492. The summed E-state index contributed by atoms with van der Waals surface area (Å²) in [4.78, 5) is 11.2. The van der Waals surface area contributed by atoms with Gasteiger partial charge in [-0.1, -0.05) is 5.92 Å². The molecular weight excluding hydrogens is 168 g/mol. The van der Waals surface area contributed by atoms with Crippen molar-refractivity contribution in [2.45, 2.75) is 6.92 Å². The van der Waals surface area contributed by atoms with Crippen LogP contribution in [0.5, 0.6) is 0 Å². The molecule has 0 N–H and O–H groups in total. The molecule has 1 heterocycles. The van der Waals surface area contributed by atoms with Crippen LogP contribution in [0.1, 0.15) is 17.4 Å². The third-order valence-electron chi connectivity index (χ3n) is 1.37. The monoisotopic (exact) mass is 178 g/mol. The lowest BCUT2D eigenvalue weighted by Gasteiger charge is -1.95. The third-order valence-corrected chi connectivity index (χ3v) is 1.37. The van der Waals surface area contributed by atoms with Gasteiger partial charge in [-0.2, -0.15) is 5.10 Å². The predicted molar refractivity (Wildman–Crippen MR) is 46.9 cm³/mol. The summed E-state index contributed by atoms with van der Waals surface area (Å²) < 4.78 is 6.34. The highest BCUT2D eigenvalue weighted by Crippen LogP contribution is 1.96. The summed E-state index contributed by atoms with van der Waals surface area (Å²) in [5.74, 6) is 4.81. The van der Waals surface area contributed by atoms with Crippen molar-refractivity contribution in [3.8, 4) is 11.8 Å². The molecule has 0 saturated carbocycles. The molecule has 4 heteroatoms. The number of aryl methyl sites for hydroxylation is 1. The lowest BCUT2D eigenvalue weighted by molar-refractivity contribution is 0.0549. The van der Waals surface area contributed by atoms with Crippen molar-refractivity contribution in [1.29, 1.82) is 0 Å². The zero-order chi connectivity index (χ0) is 9.68. The van der Waals surface area contributed by atoms with Crippen molar-refractivity contribution < 1.29 is 9.53 Å². The van der Waals surface area contributed by atoms with Gasteiger partial charge in [0.25, 0.3) is 0 Å². The molecule has 0 aliphatic heterocycles. The van der Waals surface area contributed by atoms with E-state index in [4.69, 9.17) is 4.74 Å². The molecule has 0 bridgehead atoms. The van der Waals surface area contributed by atoms with Crippen LogP contribution in [0, 0.1) is 11.8 Å². The highest BCUT2D eigenvalue weighted by atomic mass is 16.5. The standard InChI is InChI=1S/C9H10N2O2/c1-3-4-7-13-9(12)8-5-6-11(2)10-8/h5-6H,7H2,1-2H3. The van der Waals surface area contributed by atoms with Gasteiger partial charge < -0.3 is 4.74 Å². The molecule has 0 unspecified atom stereocenters. The van der Waals surface area contributed by atoms with Crippen molar-refractivity contribution in [1.82, 2.24) is 9.78 Å². The second-order valence-corrected chi connectivity index (χ2v) is 2.38. The van der Waals surface area contributed by atoms with Crippen LogP contribution in [0.2, 0.25) is 0 Å². The maximum Gasteiger partial charge on any atom is 0.359 e. The number of esters is 1. The number of carbonyl (C=O) groups excluding carboxylic acids is 1. The van der Waals surface area contributed by atoms with Gasteiger partial charge in [0.05, 0.1) is 0 Å². The highest BCUT2D eigenvalue weighted by Gasteiger charge is 2.08. The van der Waals surface area contributed by atoms with Gasteiger partial charge >= 0.3 is 5.97 Å². The van der Waals surface area contributed by atoms with Gasteiger partial charge in [0, 0.05) is 13.2 Å². The number of hydrogen-bond donors (Lipinski definition) is 0. The van der Waals surface area contributed by atoms with E-state index in [9.17, 15) is 4.79 Å². The average molecular weight is 178 g/mol. The molecule has 1 aromatic rings. The van der Waals surface area contributed by atoms with Crippen LogP contribution < -0.4 is 0 Å². The minimum atomic E-state index is -0.441. The zero-order valence-electron chi connectivity index (χ0n) is 7.57. The topological polar surface area (TPSA) is 44.1 Å². The van der Waals surface area contributed by atoms with E-state index in [1.54, 1.807) is 30.9 Å². The molecule has 1 rings (SSSR count). The number of rotatable bonds is 2. The Balaban J connectivity index is 2.52. The Bertz CT molecular complexity index is 357. The maximum atomic E-state index is 11.2. The number of ether oxygens (including phenoxy) is 1. The van der Waals surface area contributed by atoms with E-state index in [1.165, 1.54) is 0 Å². The Hall–Kier alpha value is -1.76. The molecule has 0 aliphatic carbocycles. The fourth-order valence-corrected chi connectivity index (χ4v) is 0.772. The van der Waals surface area contributed by atoms with Crippen LogP contribution in [0.4, 0.5) is 0 Å². The van der Waals surface area contributed by atoms with Gasteiger partial charge in [0.1, 0.15) is 0 Å². The summed E-state index contributed by atoms with van der Waals surface area (Å²) >= 11 is 0. The molecule has 68 valence electrons. The third kappa shape index (κ3) is 2.64. The smallest absolute Gasteiger partial charge is 0.359 e. The van der Waals surface area contributed by atoms with Crippen molar-refractivity contribution >= 4 is 5.97 Å². The number of carbonyl (C=O) groups is 1. The molecule has 0 spiro atoms. The lowest BCUT2D eigenvalue weighted by Crippen LogP contribution is -2.06. The Morgan fingerprint density at radius 2 is 2.54 bits per heavy atom. The molecule has 0 aromatic carbocycles. The Kier molecular flexibility index (Phi) is 3.09. The summed E-state index contributed by atoms with van der Waals surface area (Å²) in [6, 6.07) is 1.60. The van der Waals surface area contributed by atoms with E-state index in [0.717, 1.165) is 0 Å². The number of hydrogen-bond acceptors (Lipinski definition) is 3. The average Bonchev–Trinajstić information content (AvgIpc) is 2.52. The molecular formula is C9H10N2O2. The maximum absolute atomic E-state index is 11.2. The van der Waals surface area contributed by atoms with Crippen LogP contribution in [-0.2, 0) is 11.8 Å². The molecule has 0 atom stereocenters. The molecule has 1 aromatic heterocycles. The van der Waals surface area contributed by atoms with E-state index in [1.807, 2.05) is 0 Å². The second kappa shape index (κ2) is 4.31. The predicted octanol–water partition coefficient (Wildman–Crippen LogP) is 0.600. The Labute approximate surface area is 76.5 Å². The minimum Gasteiger partial charge on any atom is -0.448 e. The fourth-order valence-electron chi connectivity index (χ4n) is 0.772. The van der Waals surface area contributed by atoms with Gasteiger partial charge in [-0.25, -0.2) is 4.79 Å². The van der Waals surface area contributed by atoms with Crippen molar-refractivity contribution in [3.05, 3.63) is 18.0 Å². The lowest BCUT2D eigenvalue weighted by atomic mass is 10.4. The number of aromatic nitrogens is 2. The summed E-state index contributed by atoms with van der Waals surface area (Å²) in [6.07, 6.45) is 1.68. The molecule has 0 saturated heterocycles. The van der Waals surface area contributed by atoms with E-state index in [0.29, 0.717) is 5.69 Å². The molecule has 4 nitrogen and oxygen atoms in total. The molecule has 13 heavy (non-hydrogen) atoms. The van der Waals surface area contributed by atoms with Gasteiger partial charge in [-0.15, -0.1) is 5.92 Å². The summed E-state index contributed by atoms with van der Waals surface area (Å²) in [6.45, 7) is 1.81. The van der Waals surface area contributed by atoms with E-state index in [2.05, 4.69) is 16.9 Å². The first-order valence-corrected chi connectivity index (χ1v) is 3.80. The van der Waals surface area contributed by atoms with Gasteiger partial charge in [-0.05, 0) is 13.0 Å². The first-order chi connectivity index (χ1) is 6.24. The molecule has 0 amide bonds. The van der Waals surface area contributed by atoms with Crippen LogP contribution in [0.25, 0.3) is 0 Å². The molecule has 0 fully saturated rings.